The lowest BCUT2D eigenvalue weighted by Crippen LogP contribution is -2.20. The number of carbonyl (C=O) groups excluding carboxylic acids is 1. The van der Waals surface area contributed by atoms with Gasteiger partial charge in [-0.3, -0.25) is 4.79 Å². The van der Waals surface area contributed by atoms with E-state index < -0.39 is 25.5 Å². The monoisotopic (exact) mass is 240 g/mol. The maximum atomic E-state index is 11.7. The fourth-order valence-corrected chi connectivity index (χ4v) is 1.12. The molecule has 0 bridgehead atoms. The van der Waals surface area contributed by atoms with Crippen LogP contribution in [0.15, 0.2) is 24.3 Å². The lowest BCUT2D eigenvalue weighted by atomic mass is 10.2. The zero-order valence-corrected chi connectivity index (χ0v) is 8.82. The Balaban J connectivity index is 2.48. The third kappa shape index (κ3) is 4.57. The van der Waals surface area contributed by atoms with Crippen molar-refractivity contribution in [3.63, 3.8) is 0 Å². The second-order valence-corrected chi connectivity index (χ2v) is 3.11. The fraction of sp³-hybridized carbons (Fsp3) is 0.273. The fourth-order valence-electron chi connectivity index (χ4n) is 1.12. The molecule has 1 amide bonds. The van der Waals surface area contributed by atoms with Crippen molar-refractivity contribution >= 4 is 11.6 Å². The molecular weight excluding hydrogens is 230 g/mol. The predicted octanol–water partition coefficient (Wildman–Crippen LogP) is 1.78. The maximum Gasteiger partial charge on any atom is 0.261 e. The summed E-state index contributed by atoms with van der Waals surface area (Å²) in [6, 6.07) is 8.29. The van der Waals surface area contributed by atoms with Crippen molar-refractivity contribution in [1.29, 1.82) is 5.26 Å². The molecule has 0 aliphatic carbocycles. The number of carbonyl (C=O) groups is 1. The summed E-state index contributed by atoms with van der Waals surface area (Å²) in [6.07, 6.45) is -2.60. The Morgan fingerprint density at radius 2 is 2.18 bits per heavy atom. The van der Waals surface area contributed by atoms with Crippen LogP contribution in [0.25, 0.3) is 0 Å². The number of nitrogens with zero attached hydrogens (tertiary/aromatic N) is 1. The van der Waals surface area contributed by atoms with Crippen molar-refractivity contribution in [3.8, 4) is 6.07 Å². The zero-order chi connectivity index (χ0) is 12.7. The van der Waals surface area contributed by atoms with Gasteiger partial charge in [0.1, 0.15) is 19.3 Å². The number of ether oxygens (including phenoxy) is 1. The van der Waals surface area contributed by atoms with Crippen LogP contribution in [0.3, 0.4) is 0 Å². The van der Waals surface area contributed by atoms with Gasteiger partial charge in [-0.05, 0) is 12.1 Å². The lowest BCUT2D eigenvalue weighted by molar-refractivity contribution is -0.121. The Morgan fingerprint density at radius 3 is 2.82 bits per heavy atom. The predicted molar refractivity (Wildman–Crippen MR) is 56.6 cm³/mol. The number of nitriles is 1. The number of nitrogens with one attached hydrogen (secondary N) is 1. The van der Waals surface area contributed by atoms with Gasteiger partial charge < -0.3 is 10.1 Å². The molecule has 1 N–H and O–H groups in total. The minimum atomic E-state index is -2.60. The summed E-state index contributed by atoms with van der Waals surface area (Å²) < 4.78 is 27.9. The highest BCUT2D eigenvalue weighted by molar-refractivity contribution is 5.92. The standard InChI is InChI=1S/C11H10F2N2O2/c12-10(13)6-17-7-11(16)15-9-4-2-1-3-8(9)5-14/h1-4,10H,6-7H2,(H,15,16). The van der Waals surface area contributed by atoms with E-state index in [4.69, 9.17) is 5.26 Å². The molecule has 0 unspecified atom stereocenters. The first-order chi connectivity index (χ1) is 8.13. The molecule has 0 heterocycles. The molecule has 0 spiro atoms. The Kier molecular flexibility index (Phi) is 5.04. The largest absolute Gasteiger partial charge is 0.366 e. The smallest absolute Gasteiger partial charge is 0.261 e. The first-order valence-electron chi connectivity index (χ1n) is 4.78. The summed E-state index contributed by atoms with van der Waals surface area (Å²) in [4.78, 5) is 11.3. The number of halogens is 2. The Morgan fingerprint density at radius 1 is 1.47 bits per heavy atom. The van der Waals surface area contributed by atoms with E-state index in [1.165, 1.54) is 6.07 Å². The summed E-state index contributed by atoms with van der Waals surface area (Å²) in [7, 11) is 0. The molecule has 17 heavy (non-hydrogen) atoms. The van der Waals surface area contributed by atoms with Crippen LogP contribution >= 0.6 is 0 Å². The zero-order valence-electron chi connectivity index (χ0n) is 8.82. The second kappa shape index (κ2) is 6.55. The number of rotatable bonds is 5. The van der Waals surface area contributed by atoms with Gasteiger partial charge in [-0.25, -0.2) is 8.78 Å². The van der Waals surface area contributed by atoms with Gasteiger partial charge in [-0.2, -0.15) is 5.26 Å². The quantitative estimate of drug-likeness (QED) is 0.853. The van der Waals surface area contributed by atoms with Crippen LogP contribution in [0.5, 0.6) is 0 Å². The minimum Gasteiger partial charge on any atom is -0.366 e. The Hall–Kier alpha value is -2.00. The Labute approximate surface area is 96.8 Å². The molecule has 1 aromatic carbocycles. The van der Waals surface area contributed by atoms with Gasteiger partial charge in [0.25, 0.3) is 6.43 Å². The van der Waals surface area contributed by atoms with Crippen molar-refractivity contribution in [2.45, 2.75) is 6.43 Å². The van der Waals surface area contributed by atoms with Gasteiger partial charge in [0.05, 0.1) is 11.3 Å². The van der Waals surface area contributed by atoms with Crippen LogP contribution in [-0.2, 0) is 9.53 Å². The highest BCUT2D eigenvalue weighted by Gasteiger charge is 2.08. The summed E-state index contributed by atoms with van der Waals surface area (Å²) in [5.74, 6) is -0.576. The van der Waals surface area contributed by atoms with Gasteiger partial charge in [0.2, 0.25) is 5.91 Å². The van der Waals surface area contributed by atoms with Crippen LogP contribution in [0, 0.1) is 11.3 Å². The summed E-state index contributed by atoms with van der Waals surface area (Å²) in [5.41, 5.74) is 0.635. The van der Waals surface area contributed by atoms with Gasteiger partial charge in [0, 0.05) is 0 Å². The molecule has 0 aliphatic rings. The number of alkyl halides is 2. The van der Waals surface area contributed by atoms with Crippen LogP contribution in [0.4, 0.5) is 14.5 Å². The molecule has 0 saturated carbocycles. The topological polar surface area (TPSA) is 62.1 Å². The van der Waals surface area contributed by atoms with E-state index >= 15 is 0 Å². The van der Waals surface area contributed by atoms with Crippen molar-refractivity contribution in [2.24, 2.45) is 0 Å². The van der Waals surface area contributed by atoms with Crippen LogP contribution < -0.4 is 5.32 Å². The van der Waals surface area contributed by atoms with E-state index in [9.17, 15) is 13.6 Å². The molecular formula is C11H10F2N2O2. The van der Waals surface area contributed by atoms with Crippen LogP contribution in [0.1, 0.15) is 5.56 Å². The van der Waals surface area contributed by atoms with Gasteiger partial charge in [0.15, 0.2) is 0 Å². The van der Waals surface area contributed by atoms with E-state index in [1.807, 2.05) is 6.07 Å². The first kappa shape index (κ1) is 13.1. The summed E-state index contributed by atoms with van der Waals surface area (Å²) in [6.45, 7) is -1.25. The van der Waals surface area contributed by atoms with Crippen molar-refractivity contribution < 1.29 is 18.3 Å². The average molecular weight is 240 g/mol. The molecule has 1 aromatic rings. The maximum absolute atomic E-state index is 11.7. The van der Waals surface area contributed by atoms with E-state index in [2.05, 4.69) is 10.1 Å². The molecule has 0 fully saturated rings. The third-order valence-corrected chi connectivity index (χ3v) is 1.80. The van der Waals surface area contributed by atoms with Gasteiger partial charge >= 0.3 is 0 Å². The van der Waals surface area contributed by atoms with E-state index in [0.29, 0.717) is 11.3 Å². The second-order valence-electron chi connectivity index (χ2n) is 3.11. The SMILES string of the molecule is N#Cc1ccccc1NC(=O)COCC(F)F. The summed E-state index contributed by atoms with van der Waals surface area (Å²) in [5, 5.41) is 11.2. The van der Waals surface area contributed by atoms with Crippen molar-refractivity contribution in [1.82, 2.24) is 0 Å². The molecule has 4 nitrogen and oxygen atoms in total. The van der Waals surface area contributed by atoms with Gasteiger partial charge in [-0.1, -0.05) is 12.1 Å². The number of hydrogen-bond donors (Lipinski definition) is 1. The van der Waals surface area contributed by atoms with Crippen LogP contribution in [-0.4, -0.2) is 25.5 Å². The number of hydrogen-bond acceptors (Lipinski definition) is 3. The van der Waals surface area contributed by atoms with Crippen molar-refractivity contribution in [2.75, 3.05) is 18.5 Å². The normalized spacial score (nSPS) is 10.0. The molecule has 0 radical (unpaired) electrons. The highest BCUT2D eigenvalue weighted by Crippen LogP contribution is 2.13. The van der Waals surface area contributed by atoms with Gasteiger partial charge in [-0.15, -0.1) is 0 Å². The van der Waals surface area contributed by atoms with Crippen LogP contribution in [0.2, 0.25) is 0 Å². The average Bonchev–Trinajstić information content (AvgIpc) is 2.29. The first-order valence-corrected chi connectivity index (χ1v) is 4.78. The molecule has 0 saturated heterocycles. The number of anilines is 1. The number of amides is 1. The molecule has 1 rings (SSSR count). The van der Waals surface area contributed by atoms with Crippen molar-refractivity contribution in [3.05, 3.63) is 29.8 Å². The number of para-hydroxylation sites is 1. The summed E-state index contributed by atoms with van der Waals surface area (Å²) >= 11 is 0. The Bertz CT molecular complexity index is 430. The molecule has 0 aliphatic heterocycles. The number of benzene rings is 1. The molecule has 6 heteroatoms. The molecule has 0 aromatic heterocycles. The van der Waals surface area contributed by atoms with E-state index in [1.54, 1.807) is 18.2 Å². The molecule has 90 valence electrons. The molecule has 0 atom stereocenters. The minimum absolute atomic E-state index is 0.301. The van der Waals surface area contributed by atoms with E-state index in [-0.39, 0.29) is 0 Å². The third-order valence-electron chi connectivity index (χ3n) is 1.80. The lowest BCUT2D eigenvalue weighted by Gasteiger charge is -2.07. The highest BCUT2D eigenvalue weighted by atomic mass is 19.3. The van der Waals surface area contributed by atoms with E-state index in [0.717, 1.165) is 0 Å².